The van der Waals surface area contributed by atoms with E-state index in [1.54, 1.807) is 27.5 Å². The number of allylic oxidation sites excluding steroid dienone is 2. The van der Waals surface area contributed by atoms with Crippen molar-refractivity contribution in [3.05, 3.63) is 48.2 Å². The largest absolute Gasteiger partial charge is 0.462 e. The van der Waals surface area contributed by atoms with Crippen LogP contribution in [-0.4, -0.2) is 142 Å². The molecule has 0 spiro atoms. The number of aromatic nitrogens is 1. The number of Topliss-reactive ketones (excluding diaryl/α,β-unsaturated/α-hetero) is 1. The van der Waals surface area contributed by atoms with Gasteiger partial charge in [0.1, 0.15) is 24.4 Å². The Bertz CT molecular complexity index is 1950. The predicted octanol–water partition coefficient (Wildman–Crippen LogP) is 6.32. The number of nitrogens with zero attached hydrogens (tertiary/aromatic N) is 2. The Hall–Kier alpha value is -3.05. The molecule has 64 heavy (non-hydrogen) atoms. The van der Waals surface area contributed by atoms with E-state index in [1.807, 2.05) is 45.0 Å². The maximum atomic E-state index is 15.3. The predicted molar refractivity (Wildman–Crippen MR) is 240 cm³/mol. The Kier molecular flexibility index (Phi) is 15.2. The molecule has 0 bridgehead atoms. The number of nitrogens with one attached hydrogen (secondary N) is 1. The second-order valence-corrected chi connectivity index (χ2v) is 19.7. The number of benzene rings is 1. The van der Waals surface area contributed by atoms with Crippen molar-refractivity contribution >= 4 is 28.3 Å². The van der Waals surface area contributed by atoms with E-state index in [1.165, 1.54) is 0 Å². The first-order chi connectivity index (χ1) is 30.8. The normalized spacial score (nSPS) is 41.9. The lowest BCUT2D eigenvalue weighted by atomic mass is 9.62. The third-order valence-electron chi connectivity index (χ3n) is 15.8. The van der Waals surface area contributed by atoms with Crippen LogP contribution in [-0.2, 0) is 47.5 Å². The molecule has 4 heterocycles. The topological polar surface area (TPSA) is 156 Å². The minimum atomic E-state index is -0.827. The van der Waals surface area contributed by atoms with Crippen LogP contribution in [0.3, 0.4) is 0 Å². The average molecular weight is 892 g/mol. The summed E-state index contributed by atoms with van der Waals surface area (Å²) in [6.07, 6.45) is 5.11. The highest BCUT2D eigenvalue weighted by Crippen LogP contribution is 2.57. The molecule has 4 unspecified atom stereocenters. The van der Waals surface area contributed by atoms with Crippen molar-refractivity contribution in [1.29, 1.82) is 0 Å². The Labute approximate surface area is 379 Å². The summed E-state index contributed by atoms with van der Waals surface area (Å²) in [6, 6.07) is 9.74. The molecule has 14 heteroatoms. The summed E-state index contributed by atoms with van der Waals surface area (Å²) >= 11 is 0. The van der Waals surface area contributed by atoms with Gasteiger partial charge in [0.05, 0.1) is 48.5 Å². The van der Waals surface area contributed by atoms with Gasteiger partial charge in [-0.05, 0) is 133 Å². The van der Waals surface area contributed by atoms with Crippen LogP contribution in [0.4, 0.5) is 5.69 Å². The van der Waals surface area contributed by atoms with Crippen LogP contribution in [0.15, 0.2) is 48.2 Å². The van der Waals surface area contributed by atoms with Crippen molar-refractivity contribution in [3.63, 3.8) is 0 Å². The second-order valence-electron chi connectivity index (χ2n) is 19.7. The number of hydrogen-bond acceptors (Lipinski definition) is 14. The summed E-state index contributed by atoms with van der Waals surface area (Å²) in [7, 11) is 9.06. The number of pyridine rings is 1. The van der Waals surface area contributed by atoms with Crippen LogP contribution in [0.5, 0.6) is 0 Å². The highest BCUT2D eigenvalue weighted by atomic mass is 16.7. The number of carbonyl (C=O) groups excluding carboxylic acids is 2. The van der Waals surface area contributed by atoms with Gasteiger partial charge >= 0.3 is 5.97 Å². The number of hydrogen-bond donors (Lipinski definition) is 2. The average Bonchev–Trinajstić information content (AvgIpc) is 3.87. The van der Waals surface area contributed by atoms with Gasteiger partial charge in [-0.3, -0.25) is 14.6 Å². The molecule has 1 aromatic heterocycles. The number of esters is 1. The quantitative estimate of drug-likeness (QED) is 0.242. The van der Waals surface area contributed by atoms with Gasteiger partial charge in [-0.2, -0.15) is 0 Å². The summed E-state index contributed by atoms with van der Waals surface area (Å²) < 4.78 is 50.4. The monoisotopic (exact) mass is 892 g/mol. The molecule has 6 aliphatic rings. The van der Waals surface area contributed by atoms with Crippen molar-refractivity contribution in [1.82, 2.24) is 9.88 Å². The number of likely N-dealkylation sites (N-methyl/N-ethyl adjacent to an activating group) is 1. The molecule has 2 saturated carbocycles. The summed E-state index contributed by atoms with van der Waals surface area (Å²) in [5.74, 6) is -1.97. The zero-order valence-electron chi connectivity index (χ0n) is 39.3. The van der Waals surface area contributed by atoms with E-state index in [9.17, 15) is 9.90 Å². The fourth-order valence-electron chi connectivity index (χ4n) is 12.6. The van der Waals surface area contributed by atoms with E-state index < -0.39 is 48.8 Å². The van der Waals surface area contributed by atoms with E-state index in [0.29, 0.717) is 43.7 Å². The first-order valence-electron chi connectivity index (χ1n) is 23.9. The molecular formula is C50H73N3O11. The standard InChI is InChI=1S/C50H73N3O11/c1-10-31-14-11-15-40(64-42-19-18-39(53(5)6)27(3)60-42)26(2)45(55)37-24-34-33-22-32(63-50-49(59-9)48(58-8)47(57-7)28(4)61-50)23-36(33)46(56)44(43(34)35(37)25-41(54)62-31)52-30-16-17-38-29(21-30)13-12-20-51-38/h12-13,16-17,20-21,24,26-28,31-36,39-40,42-44,46-50,52,56H,10-11,14-15,18-19,22-23,25H2,1-9H3/t26-,27?,28?,31+,32+,33+,34+,35-,36-,39+,40+,42+,43-,44-,46-,47+,48?,49?,50+/m1/s1. The van der Waals surface area contributed by atoms with E-state index in [0.717, 1.165) is 35.9 Å². The van der Waals surface area contributed by atoms with Crippen LogP contribution in [0.1, 0.15) is 85.5 Å². The van der Waals surface area contributed by atoms with Crippen molar-refractivity contribution in [2.45, 2.75) is 165 Å². The Morgan fingerprint density at radius 3 is 2.38 bits per heavy atom. The summed E-state index contributed by atoms with van der Waals surface area (Å²) in [5, 5.41) is 17.5. The molecule has 0 radical (unpaired) electrons. The van der Waals surface area contributed by atoms with Gasteiger partial charge in [0.15, 0.2) is 18.4 Å². The minimum absolute atomic E-state index is 0.0148. The maximum Gasteiger partial charge on any atom is 0.306 e. The van der Waals surface area contributed by atoms with Gasteiger partial charge in [-0.25, -0.2) is 0 Å². The van der Waals surface area contributed by atoms with Crippen LogP contribution >= 0.6 is 0 Å². The highest BCUT2D eigenvalue weighted by Gasteiger charge is 2.60. The van der Waals surface area contributed by atoms with Crippen LogP contribution in [0.2, 0.25) is 0 Å². The number of ketones is 1. The summed E-state index contributed by atoms with van der Waals surface area (Å²) in [5.41, 5.74) is 2.34. The lowest BCUT2D eigenvalue weighted by Gasteiger charge is -2.47. The van der Waals surface area contributed by atoms with E-state index in [4.69, 9.17) is 37.9 Å². The second kappa shape index (κ2) is 20.4. The van der Waals surface area contributed by atoms with Gasteiger partial charge in [-0.15, -0.1) is 0 Å². The number of rotatable bonds is 11. The van der Waals surface area contributed by atoms with Crippen LogP contribution in [0.25, 0.3) is 10.9 Å². The number of carbonyl (C=O) groups is 2. The van der Waals surface area contributed by atoms with Crippen molar-refractivity contribution in [2.24, 2.45) is 35.5 Å². The summed E-state index contributed by atoms with van der Waals surface area (Å²) in [4.78, 5) is 36.1. The first-order valence-corrected chi connectivity index (χ1v) is 23.9. The number of methoxy groups -OCH3 is 3. The highest BCUT2D eigenvalue weighted by molar-refractivity contribution is 5.99. The fraction of sp³-hybridized carbons (Fsp3) is 0.740. The van der Waals surface area contributed by atoms with E-state index in [-0.39, 0.29) is 78.5 Å². The minimum Gasteiger partial charge on any atom is -0.462 e. The number of fused-ring (bicyclic) bond motifs is 6. The molecule has 2 N–H and O–H groups in total. The number of aliphatic hydroxyl groups is 1. The van der Waals surface area contributed by atoms with E-state index >= 15 is 4.79 Å². The smallest absolute Gasteiger partial charge is 0.306 e. The number of cyclic esters (lactones) is 1. The molecule has 8 rings (SSSR count). The van der Waals surface area contributed by atoms with Gasteiger partial charge in [0.2, 0.25) is 0 Å². The number of anilines is 1. The molecule has 3 aliphatic heterocycles. The Morgan fingerprint density at radius 2 is 1.66 bits per heavy atom. The van der Waals surface area contributed by atoms with Gasteiger partial charge in [-0.1, -0.05) is 26.0 Å². The Balaban J connectivity index is 1.13. The van der Waals surface area contributed by atoms with Gasteiger partial charge in [0.25, 0.3) is 0 Å². The van der Waals surface area contributed by atoms with Crippen molar-refractivity contribution in [3.8, 4) is 0 Å². The third-order valence-corrected chi connectivity index (χ3v) is 15.8. The van der Waals surface area contributed by atoms with Crippen LogP contribution < -0.4 is 5.32 Å². The van der Waals surface area contributed by atoms with Gasteiger partial charge in [0, 0.05) is 56.5 Å². The third kappa shape index (κ3) is 9.55. The number of ether oxygens (including phenoxy) is 8. The molecule has 0 amide bonds. The molecule has 2 aromatic rings. The molecule has 1 aromatic carbocycles. The van der Waals surface area contributed by atoms with E-state index in [2.05, 4.69) is 48.4 Å². The van der Waals surface area contributed by atoms with Crippen molar-refractivity contribution in [2.75, 3.05) is 40.7 Å². The molecule has 3 saturated heterocycles. The maximum absolute atomic E-state index is 15.3. The zero-order valence-corrected chi connectivity index (χ0v) is 39.3. The van der Waals surface area contributed by atoms with Crippen LogP contribution in [0, 0.1) is 35.5 Å². The molecule has 354 valence electrons. The van der Waals surface area contributed by atoms with Crippen molar-refractivity contribution < 1.29 is 52.6 Å². The number of aliphatic hydroxyl groups excluding tert-OH is 1. The fourth-order valence-corrected chi connectivity index (χ4v) is 12.6. The lowest BCUT2D eigenvalue weighted by Crippen LogP contribution is -2.59. The zero-order chi connectivity index (χ0) is 45.4. The molecule has 14 nitrogen and oxygen atoms in total. The molecule has 19 atom stereocenters. The first kappa shape index (κ1) is 47.4. The molecule has 5 fully saturated rings. The molecular weight excluding hydrogens is 819 g/mol. The summed E-state index contributed by atoms with van der Waals surface area (Å²) in [6.45, 7) is 8.07. The lowest BCUT2D eigenvalue weighted by molar-refractivity contribution is -0.314. The Morgan fingerprint density at radius 1 is 0.891 bits per heavy atom. The SMILES string of the molecule is CC[C@H]1CCC[C@H](O[C@H]2CC[C@H](N(C)C)C(C)O2)[C@@H](C)C(=O)C2=C[C@H]3[C@@H]4C[C@H](O[C@@H]5OC(C)[C@H](OC)C(OC)C5OC)C[C@H]4[C@@H](O)[C@H](Nc4ccc5ncccc5c4)[C@H]3[C@@H]2CC(=O)O1. The van der Waals surface area contributed by atoms with Gasteiger partial charge < -0.3 is 53.2 Å². The molecule has 3 aliphatic carbocycles.